The molecule has 0 radical (unpaired) electrons. The van der Waals surface area contributed by atoms with Crippen LogP contribution in [-0.2, 0) is 4.79 Å². The number of nitrogens with one attached hydrogen (secondary N) is 1. The summed E-state index contributed by atoms with van der Waals surface area (Å²) < 4.78 is 0. The Morgan fingerprint density at radius 1 is 1.41 bits per heavy atom. The Hall–Kier alpha value is -2.34. The molecule has 1 fully saturated rings. The van der Waals surface area contributed by atoms with Gasteiger partial charge in [0.1, 0.15) is 0 Å². The summed E-state index contributed by atoms with van der Waals surface area (Å²) in [5, 5.41) is 12.8. The lowest BCUT2D eigenvalue weighted by molar-refractivity contribution is -0.115. The first-order chi connectivity index (χ1) is 10.6. The average molecular weight is 292 g/mol. The lowest BCUT2D eigenvalue weighted by Gasteiger charge is -2.26. The van der Waals surface area contributed by atoms with E-state index in [1.54, 1.807) is 0 Å². The SMILES string of the molecule is CC(C)=CCC1(C#N)CCC2=C(c3ccccc3)C(=O)NC21. The molecule has 0 bridgehead atoms. The van der Waals surface area contributed by atoms with Crippen molar-refractivity contribution in [3.8, 4) is 6.07 Å². The summed E-state index contributed by atoms with van der Waals surface area (Å²) in [5.74, 6) is -0.0391. The fraction of sp³-hybridized carbons (Fsp3) is 0.368. The Bertz CT molecular complexity index is 705. The number of fused-ring (bicyclic) bond motifs is 1. The highest BCUT2D eigenvalue weighted by Crippen LogP contribution is 2.49. The maximum Gasteiger partial charge on any atom is 0.252 e. The highest BCUT2D eigenvalue weighted by atomic mass is 16.2. The van der Waals surface area contributed by atoms with Gasteiger partial charge in [-0.15, -0.1) is 0 Å². The number of carbonyl (C=O) groups excluding carboxylic acids is 1. The molecule has 1 saturated carbocycles. The summed E-state index contributed by atoms with van der Waals surface area (Å²) >= 11 is 0. The molecule has 2 unspecified atom stereocenters. The lowest BCUT2D eigenvalue weighted by Crippen LogP contribution is -2.40. The molecule has 22 heavy (non-hydrogen) atoms. The molecule has 3 nitrogen and oxygen atoms in total. The minimum atomic E-state index is -0.501. The van der Waals surface area contributed by atoms with Crippen molar-refractivity contribution in [1.82, 2.24) is 5.32 Å². The normalized spacial score (nSPS) is 26.4. The Morgan fingerprint density at radius 2 is 2.14 bits per heavy atom. The fourth-order valence-corrected chi connectivity index (χ4v) is 3.52. The van der Waals surface area contributed by atoms with Crippen LogP contribution in [0.25, 0.3) is 5.57 Å². The largest absolute Gasteiger partial charge is 0.344 e. The van der Waals surface area contributed by atoms with Gasteiger partial charge in [0.05, 0.1) is 17.5 Å². The minimum absolute atomic E-state index is 0.0391. The quantitative estimate of drug-likeness (QED) is 0.865. The predicted molar refractivity (Wildman–Crippen MR) is 86.6 cm³/mol. The fourth-order valence-electron chi connectivity index (χ4n) is 3.52. The molecule has 1 N–H and O–H groups in total. The second kappa shape index (κ2) is 5.46. The first kappa shape index (κ1) is 14.6. The monoisotopic (exact) mass is 292 g/mol. The number of allylic oxidation sites excluding steroid dienone is 2. The van der Waals surface area contributed by atoms with Crippen LogP contribution in [0.2, 0.25) is 0 Å². The number of hydrogen-bond acceptors (Lipinski definition) is 2. The molecule has 1 aliphatic carbocycles. The molecule has 1 aromatic carbocycles. The maximum atomic E-state index is 12.4. The van der Waals surface area contributed by atoms with E-state index in [1.807, 2.05) is 44.2 Å². The Kier molecular flexibility index (Phi) is 3.62. The number of amides is 1. The van der Waals surface area contributed by atoms with Crippen LogP contribution in [0.3, 0.4) is 0 Å². The molecule has 0 spiro atoms. The second-order valence-corrected chi connectivity index (χ2v) is 6.43. The molecule has 1 heterocycles. The van der Waals surface area contributed by atoms with Crippen molar-refractivity contribution in [3.63, 3.8) is 0 Å². The van der Waals surface area contributed by atoms with E-state index < -0.39 is 5.41 Å². The van der Waals surface area contributed by atoms with E-state index in [4.69, 9.17) is 0 Å². The third-order valence-corrected chi connectivity index (χ3v) is 4.72. The van der Waals surface area contributed by atoms with Crippen LogP contribution in [0.1, 0.15) is 38.7 Å². The van der Waals surface area contributed by atoms with Crippen LogP contribution >= 0.6 is 0 Å². The third-order valence-electron chi connectivity index (χ3n) is 4.72. The van der Waals surface area contributed by atoms with E-state index in [2.05, 4.69) is 17.5 Å². The highest BCUT2D eigenvalue weighted by molar-refractivity contribution is 6.23. The molecule has 1 aliphatic heterocycles. The van der Waals surface area contributed by atoms with Crippen molar-refractivity contribution in [2.75, 3.05) is 0 Å². The molecular weight excluding hydrogens is 272 g/mol. The number of rotatable bonds is 3. The molecule has 1 aromatic rings. The Morgan fingerprint density at radius 3 is 2.77 bits per heavy atom. The molecule has 0 saturated heterocycles. The van der Waals surface area contributed by atoms with Gasteiger partial charge in [-0.05, 0) is 44.2 Å². The molecule has 0 aromatic heterocycles. The summed E-state index contributed by atoms with van der Waals surface area (Å²) in [4.78, 5) is 12.4. The van der Waals surface area contributed by atoms with Gasteiger partial charge in [-0.2, -0.15) is 5.26 Å². The molecule has 2 aliphatic rings. The van der Waals surface area contributed by atoms with Gasteiger partial charge >= 0.3 is 0 Å². The van der Waals surface area contributed by atoms with Gasteiger partial charge < -0.3 is 5.32 Å². The maximum absolute atomic E-state index is 12.4. The topological polar surface area (TPSA) is 52.9 Å². The van der Waals surface area contributed by atoms with E-state index >= 15 is 0 Å². The molecular formula is C19H20N2O. The van der Waals surface area contributed by atoms with Gasteiger partial charge in [0.2, 0.25) is 0 Å². The van der Waals surface area contributed by atoms with Crippen molar-refractivity contribution < 1.29 is 4.79 Å². The van der Waals surface area contributed by atoms with Gasteiger partial charge in [-0.25, -0.2) is 0 Å². The van der Waals surface area contributed by atoms with Crippen LogP contribution in [0.15, 0.2) is 47.6 Å². The van der Waals surface area contributed by atoms with Gasteiger partial charge in [0.25, 0.3) is 5.91 Å². The molecule has 3 rings (SSSR count). The summed E-state index contributed by atoms with van der Waals surface area (Å²) in [7, 11) is 0. The number of benzene rings is 1. The summed E-state index contributed by atoms with van der Waals surface area (Å²) in [6.45, 7) is 4.08. The lowest BCUT2D eigenvalue weighted by atomic mass is 9.80. The number of hydrogen-bond donors (Lipinski definition) is 1. The first-order valence-electron chi connectivity index (χ1n) is 7.71. The summed E-state index contributed by atoms with van der Waals surface area (Å²) in [5.41, 5.74) is 3.55. The zero-order valence-electron chi connectivity index (χ0n) is 13.0. The molecule has 1 amide bonds. The molecule has 2 atom stereocenters. The van der Waals surface area contributed by atoms with Crippen molar-refractivity contribution in [1.29, 1.82) is 5.26 Å². The highest BCUT2D eigenvalue weighted by Gasteiger charge is 2.51. The standard InChI is InChI=1S/C19H20N2O/c1-13(2)8-10-19(12-20)11-9-15-16(18(22)21-17(15)19)14-6-4-3-5-7-14/h3-8,17H,9-11H2,1-2H3,(H,21,22). The van der Waals surface area contributed by atoms with Crippen molar-refractivity contribution in [2.45, 2.75) is 39.2 Å². The van der Waals surface area contributed by atoms with Crippen molar-refractivity contribution in [2.24, 2.45) is 5.41 Å². The van der Waals surface area contributed by atoms with Gasteiger partial charge in [0.15, 0.2) is 0 Å². The van der Waals surface area contributed by atoms with Gasteiger partial charge in [0, 0.05) is 5.57 Å². The van der Waals surface area contributed by atoms with Gasteiger partial charge in [-0.1, -0.05) is 42.0 Å². The zero-order chi connectivity index (χ0) is 15.7. The van der Waals surface area contributed by atoms with Gasteiger partial charge in [-0.3, -0.25) is 4.79 Å². The van der Waals surface area contributed by atoms with Crippen LogP contribution in [0.4, 0.5) is 0 Å². The van der Waals surface area contributed by atoms with Crippen LogP contribution < -0.4 is 5.32 Å². The van der Waals surface area contributed by atoms with E-state index in [9.17, 15) is 10.1 Å². The number of carbonyl (C=O) groups is 1. The third kappa shape index (κ3) is 2.25. The van der Waals surface area contributed by atoms with Crippen LogP contribution in [-0.4, -0.2) is 11.9 Å². The average Bonchev–Trinajstić information content (AvgIpc) is 3.02. The zero-order valence-corrected chi connectivity index (χ0v) is 13.0. The van der Waals surface area contributed by atoms with Crippen LogP contribution in [0, 0.1) is 16.7 Å². The van der Waals surface area contributed by atoms with E-state index in [1.165, 1.54) is 5.57 Å². The molecule has 112 valence electrons. The number of nitrogens with zero attached hydrogens (tertiary/aromatic N) is 1. The Labute approximate surface area is 131 Å². The van der Waals surface area contributed by atoms with Crippen molar-refractivity contribution >= 4 is 11.5 Å². The number of nitriles is 1. The van der Waals surface area contributed by atoms with E-state index in [0.29, 0.717) is 6.42 Å². The Balaban J connectivity index is 2.02. The van der Waals surface area contributed by atoms with E-state index in [0.717, 1.165) is 29.6 Å². The summed E-state index contributed by atoms with van der Waals surface area (Å²) in [6, 6.07) is 12.1. The summed E-state index contributed by atoms with van der Waals surface area (Å²) in [6.07, 6.45) is 4.43. The predicted octanol–water partition coefficient (Wildman–Crippen LogP) is 3.60. The minimum Gasteiger partial charge on any atom is -0.344 e. The first-order valence-corrected chi connectivity index (χ1v) is 7.71. The second-order valence-electron chi connectivity index (χ2n) is 6.43. The molecule has 3 heteroatoms. The van der Waals surface area contributed by atoms with E-state index in [-0.39, 0.29) is 11.9 Å². The van der Waals surface area contributed by atoms with Crippen LogP contribution in [0.5, 0.6) is 0 Å². The smallest absolute Gasteiger partial charge is 0.252 e. The van der Waals surface area contributed by atoms with Crippen molar-refractivity contribution in [3.05, 3.63) is 53.1 Å².